The Morgan fingerprint density at radius 1 is 1.21 bits per heavy atom. The molecule has 1 aliphatic rings. The molecular weight excluding hydrogens is 435 g/mol. The van der Waals surface area contributed by atoms with E-state index in [4.69, 9.17) is 9.83 Å². The van der Waals surface area contributed by atoms with Gasteiger partial charge in [0.25, 0.3) is 0 Å². The van der Waals surface area contributed by atoms with Crippen LogP contribution in [0.1, 0.15) is 47.1 Å². The van der Waals surface area contributed by atoms with Gasteiger partial charge in [0, 0.05) is 17.2 Å². The van der Waals surface area contributed by atoms with E-state index >= 15 is 0 Å². The molecule has 6 nitrogen and oxygen atoms in total. The van der Waals surface area contributed by atoms with Crippen molar-refractivity contribution in [2.24, 2.45) is 0 Å². The Bertz CT molecular complexity index is 1510. The lowest BCUT2D eigenvalue weighted by molar-refractivity contribution is 0.0693. The van der Waals surface area contributed by atoms with Crippen molar-refractivity contribution in [3.8, 4) is 0 Å². The molecule has 0 spiro atoms. The Labute approximate surface area is 195 Å². The number of carbonyl (C=O) groups is 1. The number of allylic oxidation sites excluding steroid dienone is 5. The van der Waals surface area contributed by atoms with E-state index in [0.29, 0.717) is 44.7 Å². The molecule has 0 radical (unpaired) electrons. The summed E-state index contributed by atoms with van der Waals surface area (Å²) in [6, 6.07) is 8.49. The second-order valence-corrected chi connectivity index (χ2v) is 8.37. The molecular formula is C27H23FN2O4. The Balaban J connectivity index is 1.86. The van der Waals surface area contributed by atoms with Crippen LogP contribution in [0.3, 0.4) is 0 Å². The third kappa shape index (κ3) is 4.08. The zero-order valence-corrected chi connectivity index (χ0v) is 19.0. The molecule has 7 heteroatoms. The highest BCUT2D eigenvalue weighted by atomic mass is 19.1. The van der Waals surface area contributed by atoms with Gasteiger partial charge in [-0.2, -0.15) is 0 Å². The molecule has 1 unspecified atom stereocenters. The summed E-state index contributed by atoms with van der Waals surface area (Å²) in [5.41, 5.74) is 3.40. The van der Waals surface area contributed by atoms with Crippen molar-refractivity contribution in [2.45, 2.75) is 26.8 Å². The third-order valence-electron chi connectivity index (χ3n) is 5.77. The number of hydrogen-bond donors (Lipinski definition) is 3. The number of rotatable bonds is 5. The smallest absolute Gasteiger partial charge is 0.340 e. The maximum atomic E-state index is 14.2. The summed E-state index contributed by atoms with van der Waals surface area (Å²) in [5, 5.41) is 20.9. The van der Waals surface area contributed by atoms with Gasteiger partial charge in [-0.3, -0.25) is 4.79 Å². The molecule has 3 N–H and O–H groups in total. The van der Waals surface area contributed by atoms with Crippen molar-refractivity contribution in [1.82, 2.24) is 0 Å². The number of fused-ring (bicyclic) bond motifs is 1. The van der Waals surface area contributed by atoms with Gasteiger partial charge in [-0.05, 0) is 67.8 Å². The molecule has 0 aliphatic heterocycles. The fourth-order valence-corrected chi connectivity index (χ4v) is 4.07. The van der Waals surface area contributed by atoms with Crippen LogP contribution in [0.25, 0.3) is 16.5 Å². The Kier molecular flexibility index (Phi) is 5.79. The average molecular weight is 458 g/mol. The molecule has 0 amide bonds. The molecule has 34 heavy (non-hydrogen) atoms. The van der Waals surface area contributed by atoms with Crippen LogP contribution in [0, 0.1) is 18.2 Å². The number of halogens is 1. The number of anilines is 1. The summed E-state index contributed by atoms with van der Waals surface area (Å²) in [6.07, 6.45) is 3.46. The third-order valence-corrected chi connectivity index (χ3v) is 5.77. The van der Waals surface area contributed by atoms with E-state index in [2.05, 4.69) is 11.9 Å². The van der Waals surface area contributed by atoms with Gasteiger partial charge < -0.3 is 20.2 Å². The first-order valence-electron chi connectivity index (χ1n) is 10.6. The first kappa shape index (κ1) is 22.9. The summed E-state index contributed by atoms with van der Waals surface area (Å²) >= 11 is 0. The van der Waals surface area contributed by atoms with Crippen LogP contribution in [-0.2, 0) is 0 Å². The number of benzene rings is 2. The van der Waals surface area contributed by atoms with Crippen molar-refractivity contribution >= 4 is 33.9 Å². The predicted octanol–water partition coefficient (Wildman–Crippen LogP) is 6.03. The second kappa shape index (κ2) is 8.59. The standard InChI is InChI=1S/C27H23FN2O4/c1-13-8-18(16(4)30-21-7-5-6-20(28)24(21)27(32)33)26-19(9-13)22(31)12-23(34-26)17-10-14(2)25(29)15(3)11-17/h5-12,16,29-30H,2H2,1,3-4H3,(H,32,33). The first-order valence-corrected chi connectivity index (χ1v) is 10.6. The van der Waals surface area contributed by atoms with Crippen molar-refractivity contribution in [3.05, 3.63) is 105 Å². The fourth-order valence-electron chi connectivity index (χ4n) is 4.07. The highest BCUT2D eigenvalue weighted by molar-refractivity contribution is 6.15. The van der Waals surface area contributed by atoms with E-state index in [9.17, 15) is 19.1 Å². The van der Waals surface area contributed by atoms with Gasteiger partial charge in [-0.25, -0.2) is 9.18 Å². The summed E-state index contributed by atoms with van der Waals surface area (Å²) in [6.45, 7) is 9.31. The lowest BCUT2D eigenvalue weighted by Gasteiger charge is -2.20. The predicted molar refractivity (Wildman–Crippen MR) is 131 cm³/mol. The monoisotopic (exact) mass is 458 g/mol. The second-order valence-electron chi connectivity index (χ2n) is 8.37. The molecule has 0 saturated heterocycles. The van der Waals surface area contributed by atoms with Crippen LogP contribution in [0.4, 0.5) is 10.1 Å². The van der Waals surface area contributed by atoms with Crippen LogP contribution in [-0.4, -0.2) is 16.8 Å². The summed E-state index contributed by atoms with van der Waals surface area (Å²) in [5.74, 6) is -1.89. The van der Waals surface area contributed by atoms with Crippen molar-refractivity contribution in [3.63, 3.8) is 0 Å². The van der Waals surface area contributed by atoms with Crippen LogP contribution >= 0.6 is 0 Å². The lowest BCUT2D eigenvalue weighted by atomic mass is 9.93. The summed E-state index contributed by atoms with van der Waals surface area (Å²) in [4.78, 5) is 24.6. The van der Waals surface area contributed by atoms with E-state index < -0.39 is 23.4 Å². The van der Waals surface area contributed by atoms with Gasteiger partial charge >= 0.3 is 5.97 Å². The first-order chi connectivity index (χ1) is 16.1. The molecule has 0 bridgehead atoms. The van der Waals surface area contributed by atoms with Gasteiger partial charge in [0.15, 0.2) is 5.43 Å². The van der Waals surface area contributed by atoms with Crippen molar-refractivity contribution in [1.29, 1.82) is 5.41 Å². The number of carboxylic acid groups (broad SMARTS) is 1. The topological polar surface area (TPSA) is 103 Å². The van der Waals surface area contributed by atoms with E-state index in [1.165, 1.54) is 18.2 Å². The molecule has 2 aromatic carbocycles. The Morgan fingerprint density at radius 3 is 2.62 bits per heavy atom. The molecule has 3 aromatic rings. The van der Waals surface area contributed by atoms with Crippen LogP contribution in [0.2, 0.25) is 0 Å². The number of carboxylic acids is 1. The van der Waals surface area contributed by atoms with Gasteiger partial charge in [-0.1, -0.05) is 18.7 Å². The largest absolute Gasteiger partial charge is 0.478 e. The number of aryl methyl sites for hydroxylation is 1. The number of nitrogens with one attached hydrogen (secondary N) is 2. The number of aromatic carboxylic acids is 1. The molecule has 172 valence electrons. The summed E-state index contributed by atoms with van der Waals surface area (Å²) in [7, 11) is 0. The van der Waals surface area contributed by atoms with Crippen LogP contribution in [0.15, 0.2) is 75.5 Å². The van der Waals surface area contributed by atoms with Gasteiger partial charge in [0.2, 0.25) is 0 Å². The highest BCUT2D eigenvalue weighted by Gasteiger charge is 2.21. The number of hydrogen-bond acceptors (Lipinski definition) is 5. The van der Waals surface area contributed by atoms with E-state index in [1.54, 1.807) is 32.1 Å². The Hall–Kier alpha value is -4.26. The van der Waals surface area contributed by atoms with Gasteiger partial charge in [0.05, 0.1) is 22.8 Å². The van der Waals surface area contributed by atoms with Gasteiger partial charge in [0.1, 0.15) is 22.7 Å². The van der Waals surface area contributed by atoms with Crippen LogP contribution in [0.5, 0.6) is 0 Å². The molecule has 0 saturated carbocycles. The summed E-state index contributed by atoms with van der Waals surface area (Å²) < 4.78 is 20.4. The minimum Gasteiger partial charge on any atom is -0.478 e. The minimum absolute atomic E-state index is 0.122. The lowest BCUT2D eigenvalue weighted by Crippen LogP contribution is -2.14. The van der Waals surface area contributed by atoms with E-state index in [0.717, 1.165) is 11.6 Å². The van der Waals surface area contributed by atoms with E-state index in [-0.39, 0.29) is 11.1 Å². The molecule has 1 aliphatic carbocycles. The maximum Gasteiger partial charge on any atom is 0.340 e. The SMILES string of the molecule is C=C1C=C(c2cc(=O)c3cc(C)cc(C(C)Nc4cccc(F)c4C(=O)O)c3o2)C=C(C)C1=N. The Morgan fingerprint density at radius 2 is 1.94 bits per heavy atom. The average Bonchev–Trinajstić information content (AvgIpc) is 2.76. The zero-order chi connectivity index (χ0) is 24.7. The maximum absolute atomic E-state index is 14.2. The minimum atomic E-state index is -1.38. The fraction of sp³-hybridized carbons (Fsp3) is 0.148. The van der Waals surface area contributed by atoms with E-state index in [1.807, 2.05) is 13.0 Å². The molecule has 1 atom stereocenters. The molecule has 1 heterocycles. The molecule has 1 aromatic heterocycles. The highest BCUT2D eigenvalue weighted by Crippen LogP contribution is 2.32. The quantitative estimate of drug-likeness (QED) is 0.433. The van der Waals surface area contributed by atoms with Gasteiger partial charge in [-0.15, -0.1) is 0 Å². The molecule has 4 rings (SSSR count). The molecule has 0 fully saturated rings. The normalized spacial score (nSPS) is 14.6. The van der Waals surface area contributed by atoms with Crippen molar-refractivity contribution in [2.75, 3.05) is 5.32 Å². The van der Waals surface area contributed by atoms with Crippen molar-refractivity contribution < 1.29 is 18.7 Å². The zero-order valence-electron chi connectivity index (χ0n) is 19.0. The van der Waals surface area contributed by atoms with Crippen LogP contribution < -0.4 is 10.7 Å².